The Bertz CT molecular complexity index is 288. The van der Waals surface area contributed by atoms with E-state index in [1.54, 1.807) is 6.92 Å². The topological polar surface area (TPSA) is 109 Å². The molecule has 0 saturated carbocycles. The van der Waals surface area contributed by atoms with E-state index in [1.807, 2.05) is 0 Å². The SMILES string of the molecule is C=CC(=O)O.Cc1cc(O)nc(N)n1. The largest absolute Gasteiger partial charge is 0.493 e. The molecule has 0 aliphatic heterocycles. The van der Waals surface area contributed by atoms with Crippen LogP contribution in [0.25, 0.3) is 0 Å². The van der Waals surface area contributed by atoms with Crippen molar-refractivity contribution in [2.45, 2.75) is 6.92 Å². The molecule has 1 rings (SSSR count). The summed E-state index contributed by atoms with van der Waals surface area (Å²) >= 11 is 0. The van der Waals surface area contributed by atoms with Crippen molar-refractivity contribution in [3.05, 3.63) is 24.4 Å². The second-order valence-corrected chi connectivity index (χ2v) is 2.27. The first-order chi connectivity index (χ1) is 6.45. The van der Waals surface area contributed by atoms with E-state index in [0.29, 0.717) is 5.69 Å². The van der Waals surface area contributed by atoms with Crippen LogP contribution < -0.4 is 5.73 Å². The Balaban J connectivity index is 0.000000292. The zero-order valence-electron chi connectivity index (χ0n) is 7.64. The molecule has 0 atom stereocenters. The third-order valence-corrected chi connectivity index (χ3v) is 1.03. The number of nitrogen functional groups attached to an aromatic ring is 1. The lowest BCUT2D eigenvalue weighted by atomic mass is 10.4. The maximum atomic E-state index is 9.25. The fraction of sp³-hybridized carbons (Fsp3) is 0.125. The van der Waals surface area contributed by atoms with E-state index in [2.05, 4.69) is 16.5 Å². The summed E-state index contributed by atoms with van der Waals surface area (Å²) in [6.45, 7) is 4.69. The van der Waals surface area contributed by atoms with E-state index in [0.717, 1.165) is 6.08 Å². The summed E-state index contributed by atoms with van der Waals surface area (Å²) in [5.74, 6) is -0.961. The van der Waals surface area contributed by atoms with Crippen LogP contribution in [0.15, 0.2) is 18.7 Å². The predicted molar refractivity (Wildman–Crippen MR) is 50.7 cm³/mol. The molecule has 14 heavy (non-hydrogen) atoms. The Kier molecular flexibility index (Phi) is 4.69. The second kappa shape index (κ2) is 5.52. The van der Waals surface area contributed by atoms with Gasteiger partial charge in [0.05, 0.1) is 0 Å². The molecule has 6 nitrogen and oxygen atoms in total. The van der Waals surface area contributed by atoms with Gasteiger partial charge < -0.3 is 15.9 Å². The minimum atomic E-state index is -0.981. The minimum Gasteiger partial charge on any atom is -0.493 e. The molecule has 0 spiro atoms. The summed E-state index contributed by atoms with van der Waals surface area (Å²) in [6.07, 6.45) is 0.833. The number of rotatable bonds is 1. The molecule has 0 fully saturated rings. The number of aromatic hydroxyl groups is 1. The Morgan fingerprint density at radius 3 is 2.43 bits per heavy atom. The lowest BCUT2D eigenvalue weighted by Crippen LogP contribution is -1.94. The number of nitrogens with zero attached hydrogens (tertiary/aromatic N) is 2. The number of carboxylic acid groups (broad SMARTS) is 1. The van der Waals surface area contributed by atoms with Crippen LogP contribution >= 0.6 is 0 Å². The molecule has 1 heterocycles. The maximum Gasteiger partial charge on any atom is 0.327 e. The van der Waals surface area contributed by atoms with Crippen molar-refractivity contribution in [2.24, 2.45) is 0 Å². The average molecular weight is 197 g/mol. The highest BCUT2D eigenvalue weighted by molar-refractivity contribution is 5.78. The van der Waals surface area contributed by atoms with Gasteiger partial charge in [-0.3, -0.25) is 0 Å². The number of anilines is 1. The molecule has 4 N–H and O–H groups in total. The first kappa shape index (κ1) is 11.9. The summed E-state index contributed by atoms with van der Waals surface area (Å²) in [5, 5.41) is 16.4. The lowest BCUT2D eigenvalue weighted by molar-refractivity contribution is -0.131. The molecule has 6 heteroatoms. The van der Waals surface area contributed by atoms with Gasteiger partial charge in [0.25, 0.3) is 0 Å². The smallest absolute Gasteiger partial charge is 0.327 e. The molecule has 1 aromatic rings. The van der Waals surface area contributed by atoms with Crippen molar-refractivity contribution in [2.75, 3.05) is 5.73 Å². The van der Waals surface area contributed by atoms with Gasteiger partial charge in [-0.1, -0.05) is 6.58 Å². The van der Waals surface area contributed by atoms with E-state index in [-0.39, 0.29) is 11.8 Å². The standard InChI is InChI=1S/C5H7N3O.C3H4O2/c1-3-2-4(9)8-5(6)7-3;1-2-3(4)5/h2H,1H3,(H3,6,7,8,9);2H,1H2,(H,4,5). The molecular formula is C8H11N3O3. The predicted octanol–water partition coefficient (Wildman–Crippen LogP) is 0.330. The Hall–Kier alpha value is -2.11. The Morgan fingerprint density at radius 2 is 2.14 bits per heavy atom. The summed E-state index contributed by atoms with van der Waals surface area (Å²) in [7, 11) is 0. The van der Waals surface area contributed by atoms with Crippen molar-refractivity contribution in [3.8, 4) is 5.88 Å². The molecule has 0 aliphatic rings. The van der Waals surface area contributed by atoms with Crippen LogP contribution in [-0.2, 0) is 4.79 Å². The monoisotopic (exact) mass is 197 g/mol. The van der Waals surface area contributed by atoms with Crippen LogP contribution in [0.2, 0.25) is 0 Å². The van der Waals surface area contributed by atoms with Gasteiger partial charge in [0, 0.05) is 17.8 Å². The van der Waals surface area contributed by atoms with Gasteiger partial charge >= 0.3 is 5.97 Å². The lowest BCUT2D eigenvalue weighted by Gasteiger charge is -1.93. The van der Waals surface area contributed by atoms with Crippen molar-refractivity contribution in [3.63, 3.8) is 0 Å². The minimum absolute atomic E-state index is 0.0833. The molecular weight excluding hydrogens is 186 g/mol. The van der Waals surface area contributed by atoms with Gasteiger partial charge in [0.1, 0.15) is 0 Å². The van der Waals surface area contributed by atoms with Crippen molar-refractivity contribution in [1.82, 2.24) is 9.97 Å². The number of hydrogen-bond donors (Lipinski definition) is 3. The number of aryl methyl sites for hydroxylation is 1. The van der Waals surface area contributed by atoms with Crippen LogP contribution in [0.5, 0.6) is 5.88 Å². The third-order valence-electron chi connectivity index (χ3n) is 1.03. The first-order valence-corrected chi connectivity index (χ1v) is 3.61. The number of carbonyl (C=O) groups is 1. The summed E-state index contributed by atoms with van der Waals surface area (Å²) in [4.78, 5) is 16.4. The summed E-state index contributed by atoms with van der Waals surface area (Å²) < 4.78 is 0. The van der Waals surface area contributed by atoms with Crippen molar-refractivity contribution >= 4 is 11.9 Å². The zero-order chi connectivity index (χ0) is 11.1. The Labute approximate surface area is 80.7 Å². The molecule has 1 aromatic heterocycles. The molecule has 0 amide bonds. The van der Waals surface area contributed by atoms with E-state index in [9.17, 15) is 4.79 Å². The van der Waals surface area contributed by atoms with Gasteiger partial charge in [-0.25, -0.2) is 9.78 Å². The fourth-order valence-electron chi connectivity index (χ4n) is 0.574. The molecule has 0 aromatic carbocycles. The molecule has 76 valence electrons. The molecule has 0 unspecified atom stereocenters. The summed E-state index contributed by atoms with van der Waals surface area (Å²) in [6, 6.07) is 1.44. The average Bonchev–Trinajstić information content (AvgIpc) is 2.02. The fourth-order valence-corrected chi connectivity index (χ4v) is 0.574. The van der Waals surface area contributed by atoms with Crippen LogP contribution in [0, 0.1) is 6.92 Å². The maximum absolute atomic E-state index is 9.25. The van der Waals surface area contributed by atoms with Crippen LogP contribution in [0.1, 0.15) is 5.69 Å². The van der Waals surface area contributed by atoms with Gasteiger partial charge in [-0.05, 0) is 6.92 Å². The molecule has 0 aliphatic carbocycles. The highest BCUT2D eigenvalue weighted by Gasteiger charge is 1.93. The molecule has 0 radical (unpaired) electrons. The second-order valence-electron chi connectivity index (χ2n) is 2.27. The van der Waals surface area contributed by atoms with Gasteiger partial charge in [-0.2, -0.15) is 4.98 Å². The van der Waals surface area contributed by atoms with E-state index in [1.165, 1.54) is 6.07 Å². The molecule has 0 saturated heterocycles. The van der Waals surface area contributed by atoms with E-state index >= 15 is 0 Å². The van der Waals surface area contributed by atoms with Crippen LogP contribution in [-0.4, -0.2) is 26.2 Å². The number of carboxylic acids is 1. The van der Waals surface area contributed by atoms with Crippen LogP contribution in [0.4, 0.5) is 5.95 Å². The van der Waals surface area contributed by atoms with Crippen molar-refractivity contribution in [1.29, 1.82) is 0 Å². The number of nitrogens with two attached hydrogens (primary N) is 1. The molecule has 0 bridgehead atoms. The number of hydrogen-bond acceptors (Lipinski definition) is 5. The zero-order valence-corrected chi connectivity index (χ0v) is 7.64. The Morgan fingerprint density at radius 1 is 1.64 bits per heavy atom. The summed E-state index contributed by atoms with van der Waals surface area (Å²) in [5.41, 5.74) is 5.84. The first-order valence-electron chi connectivity index (χ1n) is 3.61. The van der Waals surface area contributed by atoms with E-state index in [4.69, 9.17) is 15.9 Å². The number of aliphatic carboxylic acids is 1. The van der Waals surface area contributed by atoms with Gasteiger partial charge in [0.2, 0.25) is 11.8 Å². The highest BCUT2D eigenvalue weighted by atomic mass is 16.4. The quantitative estimate of drug-likeness (QED) is 0.559. The van der Waals surface area contributed by atoms with Crippen molar-refractivity contribution < 1.29 is 15.0 Å². The number of aromatic nitrogens is 2. The third kappa shape index (κ3) is 5.53. The van der Waals surface area contributed by atoms with E-state index < -0.39 is 5.97 Å². The normalized spacial score (nSPS) is 8.36. The van der Waals surface area contributed by atoms with Gasteiger partial charge in [0.15, 0.2) is 0 Å². The van der Waals surface area contributed by atoms with Gasteiger partial charge in [-0.15, -0.1) is 0 Å². The van der Waals surface area contributed by atoms with Crippen LogP contribution in [0.3, 0.4) is 0 Å². The highest BCUT2D eigenvalue weighted by Crippen LogP contribution is 2.05.